The fourth-order valence-electron chi connectivity index (χ4n) is 9.80. The van der Waals surface area contributed by atoms with Gasteiger partial charge in [0.25, 0.3) is 0 Å². The van der Waals surface area contributed by atoms with Gasteiger partial charge in [-0.2, -0.15) is 9.99 Å². The molecule has 7 aromatic rings. The third-order valence-electron chi connectivity index (χ3n) is 14.3. The number of ether oxygens (including phenoxy) is 5. The van der Waals surface area contributed by atoms with E-state index in [0.29, 0.717) is 67.8 Å². The van der Waals surface area contributed by atoms with Crippen LogP contribution in [0.15, 0.2) is 170 Å². The van der Waals surface area contributed by atoms with E-state index in [0.717, 1.165) is 139 Å². The van der Waals surface area contributed by atoms with Crippen molar-refractivity contribution < 1.29 is 58.0 Å². The summed E-state index contributed by atoms with van der Waals surface area (Å²) in [6, 6.07) is 44.7. The van der Waals surface area contributed by atoms with Gasteiger partial charge in [-0.25, -0.2) is 24.5 Å². The molecule has 0 aliphatic heterocycles. The molecular formula is C68H75N3O12S. The number of hydrazone groups is 1. The Bertz CT molecular complexity index is 3160. The summed E-state index contributed by atoms with van der Waals surface area (Å²) in [7, 11) is 0. The van der Waals surface area contributed by atoms with Gasteiger partial charge in [0.05, 0.1) is 49.5 Å². The quantitative estimate of drug-likeness (QED) is 0.00736. The number of esters is 3. The summed E-state index contributed by atoms with van der Waals surface area (Å²) in [6.45, 7) is 9.83. The van der Waals surface area contributed by atoms with E-state index < -0.39 is 24.0 Å². The van der Waals surface area contributed by atoms with Gasteiger partial charge in [-0.15, -0.1) is 0 Å². The van der Waals surface area contributed by atoms with Crippen LogP contribution in [0.25, 0.3) is 21.3 Å². The van der Waals surface area contributed by atoms with Gasteiger partial charge in [0, 0.05) is 24.3 Å². The van der Waals surface area contributed by atoms with Crippen molar-refractivity contribution >= 4 is 50.8 Å². The van der Waals surface area contributed by atoms with Gasteiger partial charge in [0.2, 0.25) is 5.13 Å². The number of fused-ring (bicyclic) bond motifs is 4. The molecule has 0 spiro atoms. The highest BCUT2D eigenvalue weighted by molar-refractivity contribution is 7.22. The van der Waals surface area contributed by atoms with Gasteiger partial charge < -0.3 is 28.6 Å². The number of nitrogens with zero attached hydrogens (tertiary/aromatic N) is 3. The molecule has 440 valence electrons. The third kappa shape index (κ3) is 18.7. The number of aromatic nitrogens is 1. The highest BCUT2D eigenvalue weighted by atomic mass is 32.1. The first-order valence-corrected chi connectivity index (χ1v) is 29.9. The molecule has 0 amide bonds. The van der Waals surface area contributed by atoms with Crippen molar-refractivity contribution in [2.45, 2.75) is 109 Å². The van der Waals surface area contributed by atoms with Crippen LogP contribution >= 0.6 is 11.3 Å². The number of rotatable bonds is 38. The summed E-state index contributed by atoms with van der Waals surface area (Å²) in [5.41, 5.74) is 7.87. The average Bonchev–Trinajstić information content (AvgIpc) is 2.76. The van der Waals surface area contributed by atoms with Gasteiger partial charge in [-0.1, -0.05) is 141 Å². The minimum Gasteiger partial charge on any atom is -0.494 e. The van der Waals surface area contributed by atoms with E-state index in [1.165, 1.54) is 12.2 Å². The number of carbonyl (C=O) groups is 3. The second-order valence-corrected chi connectivity index (χ2v) is 21.3. The molecule has 0 saturated carbocycles. The van der Waals surface area contributed by atoms with Crippen molar-refractivity contribution in [3.05, 3.63) is 198 Å². The maximum absolute atomic E-state index is 13.4. The lowest BCUT2D eigenvalue weighted by Crippen LogP contribution is -2.18. The van der Waals surface area contributed by atoms with Gasteiger partial charge in [0.15, 0.2) is 5.75 Å². The molecule has 1 aromatic heterocycles. The van der Waals surface area contributed by atoms with Crippen LogP contribution in [0.3, 0.4) is 0 Å². The van der Waals surface area contributed by atoms with Crippen molar-refractivity contribution in [3.63, 3.8) is 0 Å². The molecule has 15 nitrogen and oxygen atoms in total. The van der Waals surface area contributed by atoms with Gasteiger partial charge in [-0.3, -0.25) is 10.1 Å². The first kappa shape index (κ1) is 61.9. The molecule has 1 heterocycles. The number of anilines is 1. The van der Waals surface area contributed by atoms with Crippen molar-refractivity contribution in [3.8, 4) is 28.4 Å². The molecule has 1 N–H and O–H groups in total. The van der Waals surface area contributed by atoms with Crippen LogP contribution in [0.1, 0.15) is 135 Å². The summed E-state index contributed by atoms with van der Waals surface area (Å²) in [4.78, 5) is 58.0. The van der Waals surface area contributed by atoms with Crippen LogP contribution in [0.5, 0.6) is 17.2 Å². The lowest BCUT2D eigenvalue weighted by molar-refractivity contribution is -0.270. The Balaban J connectivity index is 0.881. The molecule has 16 heteroatoms. The Morgan fingerprint density at radius 1 is 0.595 bits per heavy atom. The summed E-state index contributed by atoms with van der Waals surface area (Å²) in [5, 5.41) is 18.2. The largest absolute Gasteiger partial charge is 0.494 e. The third-order valence-corrected chi connectivity index (χ3v) is 15.3. The number of benzene rings is 6. The monoisotopic (exact) mass is 1160 g/mol. The smallest absolute Gasteiger partial charge is 0.330 e. The number of hydrogen-bond acceptors (Lipinski definition) is 16. The molecule has 1 atom stereocenters. The highest BCUT2D eigenvalue weighted by Gasteiger charge is 2.34. The summed E-state index contributed by atoms with van der Waals surface area (Å²) in [5.74, 6) is 0.429. The Hall–Kier alpha value is -8.15. The van der Waals surface area contributed by atoms with Crippen LogP contribution in [-0.4, -0.2) is 73.9 Å². The maximum Gasteiger partial charge on any atom is 0.330 e. The van der Waals surface area contributed by atoms with Crippen molar-refractivity contribution in [1.82, 2.24) is 4.98 Å². The normalized spacial score (nSPS) is 12.1. The topological polar surface area (TPSA) is 174 Å². The first-order valence-electron chi connectivity index (χ1n) is 29.1. The van der Waals surface area contributed by atoms with Crippen LogP contribution in [-0.2, 0) is 45.0 Å². The van der Waals surface area contributed by atoms with Gasteiger partial charge in [0.1, 0.15) is 30.1 Å². The van der Waals surface area contributed by atoms with Crippen LogP contribution < -0.4 is 19.4 Å². The molecule has 8 rings (SSSR count). The second-order valence-electron chi connectivity index (χ2n) is 20.3. The Morgan fingerprint density at radius 3 is 1.71 bits per heavy atom. The number of thiazole rings is 1. The molecule has 0 bridgehead atoms. The van der Waals surface area contributed by atoms with Crippen molar-refractivity contribution in [2.75, 3.05) is 44.6 Å². The zero-order valence-corrected chi connectivity index (χ0v) is 48.4. The molecule has 0 radical (unpaired) electrons. The molecule has 0 saturated heterocycles. The number of hydrogen-bond donors (Lipinski definition) is 1. The predicted octanol–water partition coefficient (Wildman–Crippen LogP) is 15.3. The zero-order chi connectivity index (χ0) is 58.6. The lowest BCUT2D eigenvalue weighted by atomic mass is 9.97. The number of para-hydroxylation sites is 1. The number of carbonyl (C=O) groups excluding carboxylic acids is 3. The summed E-state index contributed by atoms with van der Waals surface area (Å²) < 4.78 is 29.0. The molecule has 84 heavy (non-hydrogen) atoms. The molecule has 1 aliphatic carbocycles. The minimum atomic E-state index is -0.860. The van der Waals surface area contributed by atoms with E-state index in [1.54, 1.807) is 23.6 Å². The van der Waals surface area contributed by atoms with Crippen molar-refractivity contribution in [2.24, 2.45) is 5.10 Å². The van der Waals surface area contributed by atoms with E-state index in [1.807, 2.05) is 120 Å². The zero-order valence-electron chi connectivity index (χ0n) is 47.6. The maximum atomic E-state index is 13.4. The van der Waals surface area contributed by atoms with Gasteiger partial charge in [-0.05, 0) is 152 Å². The van der Waals surface area contributed by atoms with E-state index in [9.17, 15) is 19.6 Å². The standard InChI is InChI=1S/C68H75N3O12S/c1-3-63(72)78-44-22-11-9-20-42-76-54-36-31-50(32-37-54)49-81-83-61-40-35-52(66(82-75)51-33-38-55(39-34-51)77-43-21-10-12-23-45-79-64(73)4-2)47-53(61)48-69-71(68-70-60-29-17-18-30-62(60)84-68)41-19-7-5-6-8-24-46-80-67(74)65-58-27-15-13-25-56(58)57-26-14-16-28-59(57)65/h3-4,13-18,25-40,47-48,65-66,75H,1-2,5-12,19-24,41-46,49H2/b69-48+. The van der Waals surface area contributed by atoms with Crippen LogP contribution in [0.4, 0.5) is 5.13 Å². The Kier molecular flexibility index (Phi) is 24.9. The highest BCUT2D eigenvalue weighted by Crippen LogP contribution is 2.45. The van der Waals surface area contributed by atoms with E-state index >= 15 is 0 Å². The number of unbranched alkanes of at least 4 members (excludes halogenated alkanes) is 11. The molecule has 6 aromatic carbocycles. The molecular weight excluding hydrogens is 1080 g/mol. The lowest BCUT2D eigenvalue weighted by Gasteiger charge is -2.18. The van der Waals surface area contributed by atoms with Crippen molar-refractivity contribution in [1.29, 1.82) is 0 Å². The fraction of sp³-hybridized carbons (Fsp3) is 0.338. The summed E-state index contributed by atoms with van der Waals surface area (Å²) in [6.07, 6.45) is 15.8. The minimum absolute atomic E-state index is 0.145. The fourth-order valence-corrected chi connectivity index (χ4v) is 10.8. The molecule has 1 aliphatic rings. The van der Waals surface area contributed by atoms with Crippen LogP contribution in [0, 0.1) is 0 Å². The molecule has 0 fully saturated rings. The average molecular weight is 1160 g/mol. The van der Waals surface area contributed by atoms with Crippen LogP contribution in [0.2, 0.25) is 0 Å². The summed E-state index contributed by atoms with van der Waals surface area (Å²) >= 11 is 1.57. The Morgan fingerprint density at radius 2 is 1.12 bits per heavy atom. The van der Waals surface area contributed by atoms with E-state index in [-0.39, 0.29) is 12.6 Å². The molecule has 1 unspecified atom stereocenters. The first-order chi connectivity index (χ1) is 41.3. The second kappa shape index (κ2) is 33.8. The van der Waals surface area contributed by atoms with E-state index in [2.05, 4.69) is 31.4 Å². The van der Waals surface area contributed by atoms with E-state index in [4.69, 9.17) is 48.4 Å². The SMILES string of the molecule is C=CC(=O)OCCCCCCOc1ccc(COOc2ccc(C(OO)c3ccc(OCCCCCCOC(=O)C=C)cc3)cc2/C=N/N(CCCCCCCCOC(=O)C2c3ccccc3-c3ccccc32)c2nc3ccccc3s2)cc1. The van der Waals surface area contributed by atoms with Gasteiger partial charge >= 0.3 is 17.9 Å². The Labute approximate surface area is 496 Å². The predicted molar refractivity (Wildman–Crippen MR) is 327 cm³/mol.